The van der Waals surface area contributed by atoms with Crippen LogP contribution in [-0.2, 0) is 4.84 Å². The van der Waals surface area contributed by atoms with Gasteiger partial charge in [-0.15, -0.1) is 0 Å². The molecule has 0 spiro atoms. The zero-order valence-corrected chi connectivity index (χ0v) is 27.5. The van der Waals surface area contributed by atoms with E-state index < -0.39 is 0 Å². The lowest BCUT2D eigenvalue weighted by atomic mass is 9.99. The second-order valence-corrected chi connectivity index (χ2v) is 12.0. The van der Waals surface area contributed by atoms with Crippen LogP contribution < -0.4 is 33.3 Å². The zero-order valence-electron chi connectivity index (χ0n) is 26.6. The third-order valence-corrected chi connectivity index (χ3v) is 9.43. The van der Waals surface area contributed by atoms with E-state index in [0.717, 1.165) is 22.6 Å². The first kappa shape index (κ1) is 31.3. The third kappa shape index (κ3) is 6.48. The highest BCUT2D eigenvalue weighted by atomic mass is 32.2. The molecule has 2 aliphatic heterocycles. The smallest absolute Gasteiger partial charge is 0.203 e. The summed E-state index contributed by atoms with van der Waals surface area (Å²) in [6.07, 6.45) is 0.997. The summed E-state index contributed by atoms with van der Waals surface area (Å²) in [6, 6.07) is 26.4. The fourth-order valence-electron chi connectivity index (χ4n) is 5.64. The highest BCUT2D eigenvalue weighted by Gasteiger charge is 2.29. The minimum atomic E-state index is -0.275. The van der Waals surface area contributed by atoms with Crippen molar-refractivity contribution in [3.63, 3.8) is 0 Å². The van der Waals surface area contributed by atoms with E-state index in [1.54, 1.807) is 28.4 Å². The number of benzene rings is 4. The van der Waals surface area contributed by atoms with Gasteiger partial charge in [0.15, 0.2) is 29.1 Å². The molecular formula is C36H38N2O7S. The molecule has 2 aliphatic rings. The van der Waals surface area contributed by atoms with Gasteiger partial charge in [0.1, 0.15) is 11.1 Å². The van der Waals surface area contributed by atoms with Crippen molar-refractivity contribution in [2.24, 2.45) is 5.16 Å². The number of hydrogen-bond acceptors (Lipinski definition) is 10. The van der Waals surface area contributed by atoms with E-state index in [-0.39, 0.29) is 11.5 Å². The Bertz CT molecular complexity index is 1690. The Morgan fingerprint density at radius 3 is 2.26 bits per heavy atom. The SMILES string of the molecule is COc1ccc(C2CC(c3cc(OC)c(OC)c(OC)c3)=NO2)cc1OCCCOc1cccc(C2Sc3ccccc3N2C)c1. The Morgan fingerprint density at radius 2 is 1.52 bits per heavy atom. The van der Waals surface area contributed by atoms with Crippen LogP contribution in [-0.4, -0.2) is 54.4 Å². The monoisotopic (exact) mass is 642 g/mol. The zero-order chi connectivity index (χ0) is 32.0. The lowest BCUT2D eigenvalue weighted by Gasteiger charge is -2.22. The molecule has 46 heavy (non-hydrogen) atoms. The predicted octanol–water partition coefficient (Wildman–Crippen LogP) is 7.68. The van der Waals surface area contributed by atoms with Gasteiger partial charge < -0.3 is 38.2 Å². The van der Waals surface area contributed by atoms with Crippen LogP contribution in [0.4, 0.5) is 5.69 Å². The molecule has 0 bridgehead atoms. The second kappa shape index (κ2) is 14.2. The van der Waals surface area contributed by atoms with Crippen molar-refractivity contribution in [2.75, 3.05) is 53.6 Å². The average molecular weight is 643 g/mol. The normalized spacial score (nSPS) is 16.7. The number of nitrogens with zero attached hydrogens (tertiary/aromatic N) is 2. The Labute approximate surface area is 273 Å². The molecule has 9 nitrogen and oxygen atoms in total. The first-order chi connectivity index (χ1) is 22.5. The summed E-state index contributed by atoms with van der Waals surface area (Å²) in [5, 5.41) is 4.59. The van der Waals surface area contributed by atoms with Crippen LogP contribution in [0.3, 0.4) is 0 Å². The molecule has 0 radical (unpaired) electrons. The molecule has 240 valence electrons. The topological polar surface area (TPSA) is 80.2 Å². The maximum Gasteiger partial charge on any atom is 0.203 e. The lowest BCUT2D eigenvalue weighted by molar-refractivity contribution is 0.0854. The molecule has 0 amide bonds. The van der Waals surface area contributed by atoms with Crippen LogP contribution in [0.15, 0.2) is 88.9 Å². The maximum absolute atomic E-state index is 6.16. The van der Waals surface area contributed by atoms with E-state index in [0.29, 0.717) is 54.8 Å². The molecule has 0 saturated heterocycles. The number of methoxy groups -OCH3 is 4. The van der Waals surface area contributed by atoms with E-state index >= 15 is 0 Å². The molecule has 0 aromatic heterocycles. The van der Waals surface area contributed by atoms with Crippen molar-refractivity contribution in [3.05, 3.63) is 95.6 Å². The quantitative estimate of drug-likeness (QED) is 0.137. The minimum absolute atomic E-state index is 0.219. The Balaban J connectivity index is 1.04. The molecule has 0 fully saturated rings. The number of anilines is 1. The predicted molar refractivity (Wildman–Crippen MR) is 180 cm³/mol. The fourth-order valence-corrected chi connectivity index (χ4v) is 6.92. The highest BCUT2D eigenvalue weighted by molar-refractivity contribution is 8.00. The number of rotatable bonds is 13. The molecule has 2 heterocycles. The van der Waals surface area contributed by atoms with Gasteiger partial charge in [-0.2, -0.15) is 0 Å². The van der Waals surface area contributed by atoms with Gasteiger partial charge in [-0.1, -0.05) is 47.2 Å². The maximum atomic E-state index is 6.16. The Kier molecular flexibility index (Phi) is 9.63. The lowest BCUT2D eigenvalue weighted by Crippen LogP contribution is -2.17. The van der Waals surface area contributed by atoms with Crippen molar-refractivity contribution in [1.29, 1.82) is 0 Å². The Morgan fingerprint density at radius 1 is 0.761 bits per heavy atom. The largest absolute Gasteiger partial charge is 0.493 e. The van der Waals surface area contributed by atoms with Gasteiger partial charge in [-0.3, -0.25) is 0 Å². The van der Waals surface area contributed by atoms with Crippen molar-refractivity contribution in [1.82, 2.24) is 0 Å². The number of oxime groups is 1. The number of fused-ring (bicyclic) bond motifs is 1. The summed E-state index contributed by atoms with van der Waals surface area (Å²) in [4.78, 5) is 9.46. The van der Waals surface area contributed by atoms with E-state index in [4.69, 9.17) is 33.3 Å². The first-order valence-electron chi connectivity index (χ1n) is 15.1. The summed E-state index contributed by atoms with van der Waals surface area (Å²) < 4.78 is 34.3. The number of thioether (sulfide) groups is 1. The summed E-state index contributed by atoms with van der Waals surface area (Å²) >= 11 is 1.86. The number of hydrogen-bond donors (Lipinski definition) is 0. The fraction of sp³-hybridized carbons (Fsp3) is 0.306. The summed E-state index contributed by atoms with van der Waals surface area (Å²) in [7, 11) is 8.53. The van der Waals surface area contributed by atoms with Crippen LogP contribution in [0, 0.1) is 0 Å². The van der Waals surface area contributed by atoms with Gasteiger partial charge >= 0.3 is 0 Å². The van der Waals surface area contributed by atoms with Crippen molar-refractivity contribution in [3.8, 4) is 34.5 Å². The molecule has 0 saturated carbocycles. The van der Waals surface area contributed by atoms with Gasteiger partial charge in [0.2, 0.25) is 5.75 Å². The molecule has 2 atom stereocenters. The van der Waals surface area contributed by atoms with Crippen molar-refractivity contribution in [2.45, 2.75) is 29.2 Å². The first-order valence-corrected chi connectivity index (χ1v) is 16.0. The van der Waals surface area contributed by atoms with Crippen LogP contribution in [0.1, 0.15) is 41.0 Å². The van der Waals surface area contributed by atoms with Gasteiger partial charge in [-0.25, -0.2) is 0 Å². The van der Waals surface area contributed by atoms with Gasteiger partial charge in [0, 0.05) is 30.3 Å². The molecule has 0 N–H and O–H groups in total. The van der Waals surface area contributed by atoms with E-state index in [1.807, 2.05) is 48.2 Å². The van der Waals surface area contributed by atoms with Crippen LogP contribution in [0.5, 0.6) is 34.5 Å². The molecule has 4 aromatic carbocycles. The number of para-hydroxylation sites is 1. The van der Waals surface area contributed by atoms with Gasteiger partial charge in [0.05, 0.1) is 53.1 Å². The van der Waals surface area contributed by atoms with Crippen LogP contribution >= 0.6 is 11.8 Å². The standard InChI is InChI=1S/C36H38N2O7S/c1-38-28-12-6-7-13-34(28)46-36(38)24-10-8-11-26(18-24)43-16-9-17-44-31-19-23(14-15-29(31)39-2)30-22-27(37-45-30)25-20-32(40-3)35(42-5)33(21-25)41-4/h6-8,10-15,18-21,30,36H,9,16-17,22H2,1-5H3. The molecule has 0 aliphatic carbocycles. The van der Waals surface area contributed by atoms with Crippen LogP contribution in [0.2, 0.25) is 0 Å². The minimum Gasteiger partial charge on any atom is -0.493 e. The van der Waals surface area contributed by atoms with Gasteiger partial charge in [0.25, 0.3) is 0 Å². The molecule has 10 heteroatoms. The van der Waals surface area contributed by atoms with Gasteiger partial charge in [-0.05, 0) is 59.7 Å². The van der Waals surface area contributed by atoms with Crippen LogP contribution in [0.25, 0.3) is 0 Å². The molecule has 2 unspecified atom stereocenters. The summed E-state index contributed by atoms with van der Waals surface area (Å²) in [5.74, 6) is 3.80. The van der Waals surface area contributed by atoms with Crippen molar-refractivity contribution < 1.29 is 33.3 Å². The van der Waals surface area contributed by atoms with E-state index in [2.05, 4.69) is 59.6 Å². The average Bonchev–Trinajstić information content (AvgIpc) is 3.73. The molecule has 4 aromatic rings. The molecular weight excluding hydrogens is 604 g/mol. The second-order valence-electron chi connectivity index (χ2n) is 10.8. The summed E-state index contributed by atoms with van der Waals surface area (Å²) in [5.41, 5.74) is 5.03. The van der Waals surface area contributed by atoms with E-state index in [9.17, 15) is 0 Å². The van der Waals surface area contributed by atoms with Crippen molar-refractivity contribution >= 4 is 23.2 Å². The number of ether oxygens (including phenoxy) is 6. The Hall–Kier alpha value is -4.70. The van der Waals surface area contributed by atoms with E-state index in [1.165, 1.54) is 16.1 Å². The third-order valence-electron chi connectivity index (χ3n) is 8.02. The molecule has 6 rings (SSSR count). The highest BCUT2D eigenvalue weighted by Crippen LogP contribution is 2.50. The summed E-state index contributed by atoms with van der Waals surface area (Å²) in [6.45, 7) is 0.992.